The first-order chi connectivity index (χ1) is 18.6. The smallest absolute Gasteiger partial charge is 0.387 e. The fraction of sp³-hybridized carbons (Fsp3) is 0.481. The Bertz CT molecular complexity index is 1470. The molecule has 2 fully saturated rings. The Kier molecular flexibility index (Phi) is 7.77. The van der Waals surface area contributed by atoms with Gasteiger partial charge in [-0.3, -0.25) is 9.20 Å². The summed E-state index contributed by atoms with van der Waals surface area (Å²) in [4.78, 5) is 17.3. The molecule has 1 saturated heterocycles. The number of hydrogen-bond acceptors (Lipinski definition) is 7. The highest BCUT2D eigenvalue weighted by atomic mass is 32.2. The van der Waals surface area contributed by atoms with Gasteiger partial charge in [-0.1, -0.05) is 6.42 Å². The van der Waals surface area contributed by atoms with Crippen molar-refractivity contribution in [2.24, 2.45) is 5.92 Å². The molecule has 0 spiro atoms. The third-order valence-corrected chi connectivity index (χ3v) is 8.51. The van der Waals surface area contributed by atoms with Crippen molar-refractivity contribution in [2.45, 2.75) is 51.2 Å². The molecule has 2 aliphatic rings. The predicted octanol–water partition coefficient (Wildman–Crippen LogP) is 4.79. The lowest BCUT2D eigenvalue weighted by Crippen LogP contribution is -2.46. The van der Waals surface area contributed by atoms with E-state index in [4.69, 9.17) is 14.2 Å². The lowest BCUT2D eigenvalue weighted by molar-refractivity contribution is -0.0502. The Hall–Kier alpha value is -3.25. The minimum atomic E-state index is -3.32. The molecule has 39 heavy (non-hydrogen) atoms. The van der Waals surface area contributed by atoms with Crippen LogP contribution in [0.25, 0.3) is 16.9 Å². The van der Waals surface area contributed by atoms with Crippen LogP contribution in [0.5, 0.6) is 17.2 Å². The number of ether oxygens (including phenoxy) is 3. The zero-order valence-electron chi connectivity index (χ0n) is 21.8. The SMILES string of the molecule is COc1cc(-c2cnc3cc(OCC4CCCCN4S(C)(=O)=O)ccn23)cc(OC(F)F)c1C(=O)CC1CC1. The number of carbonyl (C=O) groups is 1. The second-order valence-corrected chi connectivity index (χ2v) is 12.0. The summed E-state index contributed by atoms with van der Waals surface area (Å²) in [5.41, 5.74) is 1.61. The lowest BCUT2D eigenvalue weighted by Gasteiger charge is -2.33. The van der Waals surface area contributed by atoms with E-state index in [-0.39, 0.29) is 47.8 Å². The Morgan fingerprint density at radius 3 is 2.62 bits per heavy atom. The quantitative estimate of drug-likeness (QED) is 0.310. The first-order valence-corrected chi connectivity index (χ1v) is 14.8. The zero-order chi connectivity index (χ0) is 27.7. The van der Waals surface area contributed by atoms with Crippen molar-refractivity contribution in [1.82, 2.24) is 13.7 Å². The highest BCUT2D eigenvalue weighted by molar-refractivity contribution is 7.88. The first-order valence-electron chi connectivity index (χ1n) is 12.9. The van der Waals surface area contributed by atoms with Crippen molar-refractivity contribution in [2.75, 3.05) is 26.5 Å². The largest absolute Gasteiger partial charge is 0.496 e. The molecule has 5 rings (SSSR count). The van der Waals surface area contributed by atoms with E-state index >= 15 is 0 Å². The molecule has 1 aliphatic carbocycles. The van der Waals surface area contributed by atoms with Crippen LogP contribution < -0.4 is 14.2 Å². The van der Waals surface area contributed by atoms with Crippen LogP contribution in [-0.2, 0) is 10.0 Å². The Morgan fingerprint density at radius 2 is 1.92 bits per heavy atom. The van der Waals surface area contributed by atoms with Gasteiger partial charge in [0.15, 0.2) is 5.78 Å². The van der Waals surface area contributed by atoms with Gasteiger partial charge in [-0.15, -0.1) is 0 Å². The van der Waals surface area contributed by atoms with Gasteiger partial charge in [0.1, 0.15) is 35.1 Å². The van der Waals surface area contributed by atoms with Crippen molar-refractivity contribution < 1.29 is 36.2 Å². The third kappa shape index (κ3) is 6.17. The van der Waals surface area contributed by atoms with Gasteiger partial charge in [0.05, 0.1) is 31.3 Å². The number of alkyl halides is 2. The Balaban J connectivity index is 1.41. The summed E-state index contributed by atoms with van der Waals surface area (Å²) in [6, 6.07) is 6.24. The lowest BCUT2D eigenvalue weighted by atomic mass is 10.00. The van der Waals surface area contributed by atoms with Crippen molar-refractivity contribution in [3.63, 3.8) is 0 Å². The van der Waals surface area contributed by atoms with E-state index in [1.807, 2.05) is 0 Å². The fourth-order valence-corrected chi connectivity index (χ4v) is 6.25. The molecule has 3 aromatic rings. The number of nitrogens with zero attached hydrogens (tertiary/aromatic N) is 3. The van der Waals surface area contributed by atoms with Gasteiger partial charge in [0.25, 0.3) is 0 Å². The summed E-state index contributed by atoms with van der Waals surface area (Å²) in [5.74, 6) is 0.432. The van der Waals surface area contributed by atoms with E-state index in [1.54, 1.807) is 35.0 Å². The van der Waals surface area contributed by atoms with Crippen molar-refractivity contribution >= 4 is 21.5 Å². The summed E-state index contributed by atoms with van der Waals surface area (Å²) in [6.07, 6.45) is 9.18. The van der Waals surface area contributed by atoms with Crippen LogP contribution in [0.2, 0.25) is 0 Å². The maximum Gasteiger partial charge on any atom is 0.387 e. The van der Waals surface area contributed by atoms with E-state index in [2.05, 4.69) is 4.98 Å². The Labute approximate surface area is 225 Å². The number of rotatable bonds is 11. The highest BCUT2D eigenvalue weighted by Gasteiger charge is 2.31. The van der Waals surface area contributed by atoms with E-state index in [0.717, 1.165) is 32.1 Å². The first kappa shape index (κ1) is 27.3. The average Bonchev–Trinajstić information content (AvgIpc) is 3.61. The van der Waals surface area contributed by atoms with Gasteiger partial charge in [0, 0.05) is 30.8 Å². The monoisotopic (exact) mass is 563 g/mol. The molecule has 2 aromatic heterocycles. The molecular formula is C27H31F2N3O6S. The minimum absolute atomic E-state index is 0.0174. The van der Waals surface area contributed by atoms with Crippen LogP contribution in [0.3, 0.4) is 0 Å². The summed E-state index contributed by atoms with van der Waals surface area (Å²) in [7, 11) is -1.94. The zero-order valence-corrected chi connectivity index (χ0v) is 22.6. The Morgan fingerprint density at radius 1 is 1.15 bits per heavy atom. The molecule has 1 unspecified atom stereocenters. The summed E-state index contributed by atoms with van der Waals surface area (Å²) in [6.45, 7) is -2.40. The normalized spacial score (nSPS) is 18.4. The molecule has 12 heteroatoms. The number of ketones is 1. The highest BCUT2D eigenvalue weighted by Crippen LogP contribution is 2.40. The van der Waals surface area contributed by atoms with Gasteiger partial charge in [-0.05, 0) is 49.8 Å². The topological polar surface area (TPSA) is 99.4 Å². The summed E-state index contributed by atoms with van der Waals surface area (Å²) < 4.78 is 70.3. The number of sulfonamides is 1. The molecular weight excluding hydrogens is 532 g/mol. The van der Waals surface area contributed by atoms with Crippen LogP contribution in [0.1, 0.15) is 48.9 Å². The van der Waals surface area contributed by atoms with Crippen LogP contribution in [-0.4, -0.2) is 67.1 Å². The number of carbonyl (C=O) groups excluding carboxylic acids is 1. The van der Waals surface area contributed by atoms with E-state index < -0.39 is 16.6 Å². The van der Waals surface area contributed by atoms with Gasteiger partial charge in [0.2, 0.25) is 10.0 Å². The summed E-state index contributed by atoms with van der Waals surface area (Å²) in [5, 5.41) is 0. The molecule has 3 heterocycles. The van der Waals surface area contributed by atoms with Crippen molar-refractivity contribution in [3.05, 3.63) is 42.2 Å². The molecule has 0 amide bonds. The van der Waals surface area contributed by atoms with E-state index in [9.17, 15) is 22.0 Å². The number of methoxy groups -OCH3 is 1. The molecule has 1 aromatic carbocycles. The van der Waals surface area contributed by atoms with E-state index in [0.29, 0.717) is 29.2 Å². The molecule has 0 N–H and O–H groups in total. The molecule has 210 valence electrons. The molecule has 1 atom stereocenters. The number of imidazole rings is 1. The van der Waals surface area contributed by atoms with Crippen molar-refractivity contribution in [3.8, 4) is 28.5 Å². The predicted molar refractivity (Wildman–Crippen MR) is 140 cm³/mol. The van der Waals surface area contributed by atoms with Crippen LogP contribution in [0, 0.1) is 5.92 Å². The number of aromatic nitrogens is 2. The van der Waals surface area contributed by atoms with Gasteiger partial charge in [-0.2, -0.15) is 13.1 Å². The number of pyridine rings is 1. The molecule has 0 radical (unpaired) electrons. The minimum Gasteiger partial charge on any atom is -0.496 e. The maximum absolute atomic E-state index is 13.3. The standard InChI is InChI=1S/C27H31F2N3O6S/c1-36-23-12-18(13-24(38-27(28)29)26(23)22(33)11-17-6-7-17)21-15-30-25-14-20(8-10-31(21)25)37-16-19-5-3-4-9-32(19)39(2,34)35/h8,10,12-15,17,19,27H,3-7,9,11,16H2,1-2H3. The number of benzene rings is 1. The van der Waals surface area contributed by atoms with Gasteiger partial charge < -0.3 is 14.2 Å². The molecule has 9 nitrogen and oxygen atoms in total. The summed E-state index contributed by atoms with van der Waals surface area (Å²) >= 11 is 0. The second kappa shape index (κ2) is 11.1. The van der Waals surface area contributed by atoms with Crippen molar-refractivity contribution in [1.29, 1.82) is 0 Å². The number of hydrogen-bond donors (Lipinski definition) is 0. The van der Waals surface area contributed by atoms with Crippen LogP contribution >= 0.6 is 0 Å². The van der Waals surface area contributed by atoms with E-state index in [1.165, 1.54) is 23.7 Å². The van der Waals surface area contributed by atoms with Gasteiger partial charge in [-0.25, -0.2) is 13.4 Å². The number of Topliss-reactive ketones (excluding diaryl/α,β-unsaturated/α-hetero) is 1. The number of halogens is 2. The van der Waals surface area contributed by atoms with Crippen LogP contribution in [0.15, 0.2) is 36.7 Å². The second-order valence-electron chi connectivity index (χ2n) is 10.1. The molecule has 1 saturated carbocycles. The molecule has 0 bridgehead atoms. The average molecular weight is 564 g/mol. The fourth-order valence-electron chi connectivity index (χ4n) is 5.08. The number of fused-ring (bicyclic) bond motifs is 1. The molecule has 1 aliphatic heterocycles. The van der Waals surface area contributed by atoms with Crippen LogP contribution in [0.4, 0.5) is 8.78 Å². The third-order valence-electron chi connectivity index (χ3n) is 7.17. The van der Waals surface area contributed by atoms with Gasteiger partial charge >= 0.3 is 6.61 Å². The maximum atomic E-state index is 13.3. The number of piperidine rings is 1.